The van der Waals surface area contributed by atoms with Crippen LogP contribution in [-0.2, 0) is 0 Å². The zero-order valence-corrected chi connectivity index (χ0v) is 11.2. The summed E-state index contributed by atoms with van der Waals surface area (Å²) in [6, 6.07) is 7.92. The van der Waals surface area contributed by atoms with E-state index in [2.05, 4.69) is 46.2 Å². The lowest BCUT2D eigenvalue weighted by molar-refractivity contribution is 0.367. The fraction of sp³-hybridized carbons (Fsp3) is 0.417. The van der Waals surface area contributed by atoms with Gasteiger partial charge in [-0.25, -0.2) is 0 Å². The van der Waals surface area contributed by atoms with E-state index in [1.54, 1.807) is 0 Å². The molecule has 0 saturated carbocycles. The summed E-state index contributed by atoms with van der Waals surface area (Å²) in [5, 5.41) is 12.3. The van der Waals surface area contributed by atoms with Crippen LogP contribution in [0.2, 0.25) is 0 Å². The second-order valence-corrected chi connectivity index (χ2v) is 4.45. The molecule has 0 amide bonds. The van der Waals surface area contributed by atoms with Crippen molar-refractivity contribution < 1.29 is 0 Å². The van der Waals surface area contributed by atoms with Gasteiger partial charge in [-0.3, -0.25) is 0 Å². The van der Waals surface area contributed by atoms with Crippen molar-refractivity contribution in [2.75, 3.05) is 32.0 Å². The summed E-state index contributed by atoms with van der Waals surface area (Å²) in [5.74, 6) is 0. The Balaban J connectivity index is 2.61. The van der Waals surface area contributed by atoms with Crippen molar-refractivity contribution in [3.8, 4) is 6.07 Å². The predicted octanol–water partition coefficient (Wildman–Crippen LogP) is 2.68. The Labute approximate surface area is 105 Å². The molecule has 0 radical (unpaired) electrons. The quantitative estimate of drug-likeness (QED) is 0.902. The van der Waals surface area contributed by atoms with Crippen LogP contribution >= 0.6 is 15.9 Å². The molecule has 0 spiro atoms. The highest BCUT2D eigenvalue weighted by molar-refractivity contribution is 9.10. The molecule has 0 heterocycles. The summed E-state index contributed by atoms with van der Waals surface area (Å²) in [4.78, 5) is 2.22. The van der Waals surface area contributed by atoms with Crippen LogP contribution in [0.15, 0.2) is 22.7 Å². The normalized spacial score (nSPS) is 10.2. The molecule has 0 saturated heterocycles. The number of nitrogens with one attached hydrogen (secondary N) is 1. The molecule has 0 aliphatic rings. The predicted molar refractivity (Wildman–Crippen MR) is 70.5 cm³/mol. The monoisotopic (exact) mass is 281 g/mol. The lowest BCUT2D eigenvalue weighted by atomic mass is 10.2. The third kappa shape index (κ3) is 3.51. The van der Waals surface area contributed by atoms with Gasteiger partial charge in [0.2, 0.25) is 0 Å². The maximum absolute atomic E-state index is 9.02. The Bertz CT molecular complexity index is 384. The summed E-state index contributed by atoms with van der Waals surface area (Å²) in [5.41, 5.74) is 1.56. The molecule has 0 unspecified atom stereocenters. The van der Waals surface area contributed by atoms with Gasteiger partial charge in [-0.2, -0.15) is 5.26 Å². The highest BCUT2D eigenvalue weighted by atomic mass is 79.9. The second kappa shape index (κ2) is 6.51. The van der Waals surface area contributed by atoms with Gasteiger partial charge in [0.25, 0.3) is 0 Å². The fourth-order valence-electron chi connectivity index (χ4n) is 1.32. The number of rotatable bonds is 5. The zero-order chi connectivity index (χ0) is 12.0. The van der Waals surface area contributed by atoms with Crippen molar-refractivity contribution in [3.05, 3.63) is 28.2 Å². The molecule has 1 aromatic rings. The number of hydrogen-bond acceptors (Lipinski definition) is 3. The minimum Gasteiger partial charge on any atom is -0.383 e. The van der Waals surface area contributed by atoms with Crippen molar-refractivity contribution in [1.29, 1.82) is 5.26 Å². The first-order chi connectivity index (χ1) is 7.69. The Hall–Kier alpha value is -1.05. The van der Waals surface area contributed by atoms with Gasteiger partial charge in [-0.1, -0.05) is 13.0 Å². The van der Waals surface area contributed by atoms with Crippen molar-refractivity contribution >= 4 is 21.6 Å². The van der Waals surface area contributed by atoms with E-state index in [1.807, 2.05) is 18.2 Å². The van der Waals surface area contributed by atoms with Gasteiger partial charge in [0.1, 0.15) is 6.07 Å². The van der Waals surface area contributed by atoms with Crippen molar-refractivity contribution in [2.24, 2.45) is 0 Å². The highest BCUT2D eigenvalue weighted by Gasteiger charge is 2.05. The van der Waals surface area contributed by atoms with Crippen LogP contribution < -0.4 is 5.32 Å². The molecule has 0 aliphatic carbocycles. The van der Waals surface area contributed by atoms with Crippen LogP contribution in [0.5, 0.6) is 0 Å². The largest absolute Gasteiger partial charge is 0.383 e. The lowest BCUT2D eigenvalue weighted by Gasteiger charge is -2.15. The lowest BCUT2D eigenvalue weighted by Crippen LogP contribution is -2.24. The maximum atomic E-state index is 9.02. The summed E-state index contributed by atoms with van der Waals surface area (Å²) in [7, 11) is 2.08. The molecule has 0 atom stereocenters. The van der Waals surface area contributed by atoms with Gasteiger partial charge in [0.15, 0.2) is 0 Å². The number of hydrogen-bond donors (Lipinski definition) is 1. The average molecular weight is 282 g/mol. The van der Waals surface area contributed by atoms with Gasteiger partial charge in [0.05, 0.1) is 11.3 Å². The van der Waals surface area contributed by atoms with Crippen LogP contribution in [0.3, 0.4) is 0 Å². The molecule has 0 fully saturated rings. The number of halogens is 1. The van der Waals surface area contributed by atoms with E-state index in [0.29, 0.717) is 5.56 Å². The van der Waals surface area contributed by atoms with E-state index in [0.717, 1.165) is 29.8 Å². The topological polar surface area (TPSA) is 39.1 Å². The minimum atomic E-state index is 0.668. The maximum Gasteiger partial charge on any atom is 0.103 e. The van der Waals surface area contributed by atoms with E-state index in [4.69, 9.17) is 5.26 Å². The molecule has 1 aromatic carbocycles. The van der Waals surface area contributed by atoms with E-state index < -0.39 is 0 Å². The molecule has 0 aromatic heterocycles. The van der Waals surface area contributed by atoms with E-state index >= 15 is 0 Å². The van der Waals surface area contributed by atoms with Crippen LogP contribution in [0.4, 0.5) is 5.69 Å². The Morgan fingerprint density at radius 1 is 1.50 bits per heavy atom. The molecule has 16 heavy (non-hydrogen) atoms. The number of nitriles is 1. The van der Waals surface area contributed by atoms with Crippen LogP contribution in [-0.4, -0.2) is 31.6 Å². The summed E-state index contributed by atoms with van der Waals surface area (Å²) in [6.45, 7) is 4.97. The summed E-state index contributed by atoms with van der Waals surface area (Å²) < 4.78 is 0.837. The molecule has 0 aliphatic heterocycles. The first-order valence-corrected chi connectivity index (χ1v) is 6.09. The van der Waals surface area contributed by atoms with Crippen LogP contribution in [0, 0.1) is 11.3 Å². The average Bonchev–Trinajstić information content (AvgIpc) is 2.29. The molecule has 4 heteroatoms. The number of likely N-dealkylation sites (N-methyl/N-ethyl adjacent to an activating group) is 1. The molecule has 86 valence electrons. The minimum absolute atomic E-state index is 0.668. The molecular weight excluding hydrogens is 266 g/mol. The van der Waals surface area contributed by atoms with Crippen molar-refractivity contribution in [1.82, 2.24) is 4.90 Å². The van der Waals surface area contributed by atoms with Gasteiger partial charge in [0, 0.05) is 17.6 Å². The molecule has 1 rings (SSSR count). The van der Waals surface area contributed by atoms with Gasteiger partial charge in [-0.15, -0.1) is 0 Å². The third-order valence-electron chi connectivity index (χ3n) is 2.47. The van der Waals surface area contributed by atoms with Crippen molar-refractivity contribution in [3.63, 3.8) is 0 Å². The van der Waals surface area contributed by atoms with E-state index in [9.17, 15) is 0 Å². The summed E-state index contributed by atoms with van der Waals surface area (Å²) in [6.07, 6.45) is 0. The van der Waals surface area contributed by atoms with E-state index in [-0.39, 0.29) is 0 Å². The van der Waals surface area contributed by atoms with Crippen molar-refractivity contribution in [2.45, 2.75) is 6.92 Å². The fourth-order valence-corrected chi connectivity index (χ4v) is 1.78. The standard InChI is InChI=1S/C12H16BrN3/c1-3-16(2)8-7-15-12-6-4-5-11(13)10(12)9-14/h4-6,15H,3,7-8H2,1-2H3. The molecular formula is C12H16BrN3. The molecule has 0 bridgehead atoms. The Morgan fingerprint density at radius 3 is 2.88 bits per heavy atom. The summed E-state index contributed by atoms with van der Waals surface area (Å²) >= 11 is 3.37. The van der Waals surface area contributed by atoms with E-state index in [1.165, 1.54) is 0 Å². The third-order valence-corrected chi connectivity index (χ3v) is 3.14. The molecule has 3 nitrogen and oxygen atoms in total. The zero-order valence-electron chi connectivity index (χ0n) is 9.63. The van der Waals surface area contributed by atoms with Gasteiger partial charge >= 0.3 is 0 Å². The number of benzene rings is 1. The smallest absolute Gasteiger partial charge is 0.103 e. The number of nitrogens with zero attached hydrogens (tertiary/aromatic N) is 2. The first kappa shape index (κ1) is 13.0. The Morgan fingerprint density at radius 2 is 2.25 bits per heavy atom. The highest BCUT2D eigenvalue weighted by Crippen LogP contribution is 2.23. The van der Waals surface area contributed by atoms with Gasteiger partial charge in [-0.05, 0) is 41.7 Å². The molecule has 1 N–H and O–H groups in total. The first-order valence-electron chi connectivity index (χ1n) is 5.30. The van der Waals surface area contributed by atoms with Crippen LogP contribution in [0.1, 0.15) is 12.5 Å². The van der Waals surface area contributed by atoms with Gasteiger partial charge < -0.3 is 10.2 Å². The second-order valence-electron chi connectivity index (χ2n) is 3.60. The Kier molecular flexibility index (Phi) is 5.30. The number of anilines is 1. The van der Waals surface area contributed by atoms with Crippen LogP contribution in [0.25, 0.3) is 0 Å². The SMILES string of the molecule is CCN(C)CCNc1cccc(Br)c1C#N.